The predicted octanol–water partition coefficient (Wildman–Crippen LogP) is 1.01. The molecule has 0 fully saturated rings. The predicted molar refractivity (Wildman–Crippen MR) is 71.8 cm³/mol. The van der Waals surface area contributed by atoms with Gasteiger partial charge in [0.2, 0.25) is 0 Å². The third-order valence-electron chi connectivity index (χ3n) is 2.43. The van der Waals surface area contributed by atoms with Crippen molar-refractivity contribution in [1.29, 1.82) is 0 Å². The molecule has 0 spiro atoms. The Balaban J connectivity index is 3.02. The zero-order valence-corrected chi connectivity index (χ0v) is 14.6. The van der Waals surface area contributed by atoms with Crippen molar-refractivity contribution in [3.05, 3.63) is 0 Å². The lowest BCUT2D eigenvalue weighted by molar-refractivity contribution is 0.487. The molecule has 0 bridgehead atoms. The molecule has 0 aromatic heterocycles. The highest BCUT2D eigenvalue weighted by Crippen LogP contribution is 2.09. The molecule has 0 N–H and O–H groups in total. The monoisotopic (exact) mass is 250 g/mol. The minimum atomic E-state index is -0.820. The van der Waals surface area contributed by atoms with Gasteiger partial charge in [0.25, 0.3) is 10.0 Å². The summed E-state index contributed by atoms with van der Waals surface area (Å²) in [6.45, 7) is 4.57. The van der Waals surface area contributed by atoms with Crippen LogP contribution in [0.15, 0.2) is 0 Å². The summed E-state index contributed by atoms with van der Waals surface area (Å²) in [6.07, 6.45) is 8.38. The van der Waals surface area contributed by atoms with Crippen LogP contribution in [-0.4, -0.2) is 29.5 Å². The van der Waals surface area contributed by atoms with Crippen molar-refractivity contribution in [3.8, 4) is 0 Å². The summed E-state index contributed by atoms with van der Waals surface area (Å²) in [6, 6.07) is 1.35. The fourth-order valence-electron chi connectivity index (χ4n) is 1.48. The second-order valence-electron chi connectivity index (χ2n) is 3.94. The summed E-state index contributed by atoms with van der Waals surface area (Å²) in [5, 5.41) is 0. The van der Waals surface area contributed by atoms with E-state index < -0.39 is 19.0 Å². The first-order valence-electron chi connectivity index (χ1n) is 5.91. The zero-order valence-electron chi connectivity index (χ0n) is 10.1. The van der Waals surface area contributed by atoms with E-state index in [1.54, 1.807) is 0 Å². The first kappa shape index (κ1) is 14.6. The molecule has 0 radical (unpaired) electrons. The molecule has 0 aliphatic carbocycles. The van der Waals surface area contributed by atoms with E-state index in [4.69, 9.17) is 8.23 Å². The Kier molecular flexibility index (Phi) is 12.1. The van der Waals surface area contributed by atoms with Crippen LogP contribution in [0.25, 0.3) is 0 Å². The largest absolute Gasteiger partial charge is 0.449 e. The average Bonchev–Trinajstić information content (AvgIpc) is 2.20. The van der Waals surface area contributed by atoms with E-state index in [1.807, 2.05) is 0 Å². The van der Waals surface area contributed by atoms with Gasteiger partial charge in [-0.2, -0.15) is 0 Å². The Morgan fingerprint density at radius 1 is 1.14 bits per heavy atom. The third kappa shape index (κ3) is 10.7. The lowest BCUT2D eigenvalue weighted by Gasteiger charge is -2.10. The van der Waals surface area contributed by atoms with Crippen LogP contribution in [0, 0.1) is 0 Å². The van der Waals surface area contributed by atoms with Crippen LogP contribution in [0.3, 0.4) is 0 Å². The molecule has 0 rings (SSSR count). The third-order valence-corrected chi connectivity index (χ3v) is 7.42. The Morgan fingerprint density at radius 2 is 1.79 bits per heavy atom. The van der Waals surface area contributed by atoms with Gasteiger partial charge in [0.1, 0.15) is 10.5 Å². The van der Waals surface area contributed by atoms with Gasteiger partial charge in [-0.05, 0) is 12.6 Å². The van der Waals surface area contributed by atoms with Crippen LogP contribution in [0.1, 0.15) is 45.4 Å². The van der Waals surface area contributed by atoms with E-state index in [1.165, 1.54) is 44.6 Å². The Bertz CT molecular complexity index is 114. The molecule has 0 amide bonds. The maximum atomic E-state index is 5.71. The van der Waals surface area contributed by atoms with Gasteiger partial charge >= 0.3 is 0 Å². The topological polar surface area (TPSA) is 18.5 Å². The van der Waals surface area contributed by atoms with E-state index in [-0.39, 0.29) is 0 Å². The summed E-state index contributed by atoms with van der Waals surface area (Å²) in [4.78, 5) is 0. The van der Waals surface area contributed by atoms with Crippen molar-refractivity contribution in [1.82, 2.24) is 0 Å². The van der Waals surface area contributed by atoms with Crippen LogP contribution < -0.4 is 0 Å². The average molecular weight is 251 g/mol. The molecule has 0 aromatic rings. The molecule has 2 nitrogen and oxygen atoms in total. The van der Waals surface area contributed by atoms with Crippen LogP contribution >= 0.6 is 0 Å². The minimum Gasteiger partial charge on any atom is -0.449 e. The van der Waals surface area contributed by atoms with Crippen LogP contribution in [0.4, 0.5) is 0 Å². The second-order valence-corrected chi connectivity index (χ2v) is 10.0. The summed E-state index contributed by atoms with van der Waals surface area (Å²) in [5.41, 5.74) is 0. The maximum absolute atomic E-state index is 5.71. The molecule has 0 heterocycles. The van der Waals surface area contributed by atoms with E-state index in [0.29, 0.717) is 0 Å². The molecule has 1 atom stereocenters. The van der Waals surface area contributed by atoms with Crippen molar-refractivity contribution >= 4 is 29.5 Å². The molecule has 1 unspecified atom stereocenters. The smallest absolute Gasteiger partial charge is 0.283 e. The molecule has 0 saturated heterocycles. The van der Waals surface area contributed by atoms with Gasteiger partial charge in [-0.1, -0.05) is 45.4 Å². The van der Waals surface area contributed by atoms with E-state index >= 15 is 0 Å². The van der Waals surface area contributed by atoms with Gasteiger partial charge in [-0.15, -0.1) is 0 Å². The quantitative estimate of drug-likeness (QED) is 0.426. The minimum absolute atomic E-state index is 0.550. The van der Waals surface area contributed by atoms with Gasteiger partial charge in [0, 0.05) is 0 Å². The van der Waals surface area contributed by atoms with Gasteiger partial charge in [0.15, 0.2) is 9.04 Å². The van der Waals surface area contributed by atoms with E-state index in [2.05, 4.69) is 13.5 Å². The van der Waals surface area contributed by atoms with Crippen molar-refractivity contribution in [2.24, 2.45) is 0 Å². The first-order chi connectivity index (χ1) is 6.81. The summed E-state index contributed by atoms with van der Waals surface area (Å²) in [7, 11) is -0.510. The number of hydrogen-bond acceptors (Lipinski definition) is 2. The van der Waals surface area contributed by atoms with Gasteiger partial charge in [-0.25, -0.2) is 0 Å². The van der Waals surface area contributed by atoms with E-state index in [0.717, 1.165) is 10.5 Å². The highest BCUT2D eigenvalue weighted by Gasteiger charge is 2.03. The van der Waals surface area contributed by atoms with Crippen molar-refractivity contribution in [3.63, 3.8) is 0 Å². The molecule has 0 aliphatic heterocycles. The Morgan fingerprint density at radius 3 is 2.43 bits per heavy atom. The Hall–Kier alpha value is 0.571. The molecule has 0 aliphatic rings. The lowest BCUT2D eigenvalue weighted by Crippen LogP contribution is -2.17. The molecule has 5 heteroatoms. The normalized spacial score (nSPS) is 14.1. The highest BCUT2D eigenvalue weighted by atomic mass is 28.4. The summed E-state index contributed by atoms with van der Waals surface area (Å²) in [5.74, 6) is 0. The molecule has 0 saturated carbocycles. The van der Waals surface area contributed by atoms with Gasteiger partial charge < -0.3 is 8.23 Å². The van der Waals surface area contributed by atoms with Crippen molar-refractivity contribution in [2.75, 3.05) is 0 Å². The standard InChI is InChI=1S/C9H26O2Si3/c1-3-4-5-6-7-8-9-14(2)11-13-10-12/h14H,3-9,13H2,1-2,12H3. The second kappa shape index (κ2) is 11.6. The molecular formula is C9H26O2Si3. The van der Waals surface area contributed by atoms with Crippen LogP contribution in [0.2, 0.25) is 12.6 Å². The van der Waals surface area contributed by atoms with Crippen LogP contribution in [0.5, 0.6) is 0 Å². The number of rotatable bonds is 10. The fourth-order valence-corrected chi connectivity index (χ4v) is 5.71. The maximum Gasteiger partial charge on any atom is 0.283 e. The molecular weight excluding hydrogens is 224 g/mol. The highest BCUT2D eigenvalue weighted by molar-refractivity contribution is 6.56. The van der Waals surface area contributed by atoms with Gasteiger partial charge in [0.05, 0.1) is 0 Å². The lowest BCUT2D eigenvalue weighted by atomic mass is 10.1. The first-order valence-corrected chi connectivity index (χ1v) is 10.3. The summed E-state index contributed by atoms with van der Waals surface area (Å²) >= 11 is 0. The molecule has 86 valence electrons. The van der Waals surface area contributed by atoms with Gasteiger partial charge in [-0.3, -0.25) is 0 Å². The number of unbranched alkanes of at least 4 members (excludes halogenated alkanes) is 5. The summed E-state index contributed by atoms with van der Waals surface area (Å²) < 4.78 is 10.9. The zero-order chi connectivity index (χ0) is 10.6. The molecule has 0 aromatic carbocycles. The fraction of sp³-hybridized carbons (Fsp3) is 1.00. The SMILES string of the molecule is CCCCCCCC[SiH](C)O[SiH2]O[SiH3]. The van der Waals surface area contributed by atoms with Crippen molar-refractivity contribution < 1.29 is 8.23 Å². The molecule has 14 heavy (non-hydrogen) atoms. The Labute approximate surface area is 96.1 Å². The van der Waals surface area contributed by atoms with Crippen LogP contribution in [-0.2, 0) is 8.23 Å². The van der Waals surface area contributed by atoms with E-state index in [9.17, 15) is 0 Å². The number of hydrogen-bond donors (Lipinski definition) is 0. The van der Waals surface area contributed by atoms with Crippen molar-refractivity contribution in [2.45, 2.75) is 58.0 Å².